The molecule has 8 heteroatoms. The minimum atomic E-state index is -1.10. The fourth-order valence-electron chi connectivity index (χ4n) is 7.18. The first-order valence-corrected chi connectivity index (χ1v) is 15.7. The van der Waals surface area contributed by atoms with Crippen LogP contribution >= 0.6 is 0 Å². The lowest BCUT2D eigenvalue weighted by atomic mass is 9.81. The van der Waals surface area contributed by atoms with Gasteiger partial charge < -0.3 is 29.0 Å². The fraction of sp³-hybridized carbons (Fsp3) is 0.444. The van der Waals surface area contributed by atoms with E-state index in [9.17, 15) is 19.8 Å². The van der Waals surface area contributed by atoms with Crippen molar-refractivity contribution in [3.05, 3.63) is 71.3 Å². The third-order valence-corrected chi connectivity index (χ3v) is 9.80. The lowest BCUT2D eigenvalue weighted by Gasteiger charge is -2.40. The van der Waals surface area contributed by atoms with E-state index in [1.165, 1.54) is 0 Å². The normalized spacial score (nSPS) is 23.0. The SMILES string of the molecule is COc1ccccc1C(O)c1ccc2oc3cc(C(=O)O)c(N(C(=O)[C@H]4CC[C@H](C)CC4)C4CCC(OC)CC4)cc3c2c1. The van der Waals surface area contributed by atoms with E-state index in [0.717, 1.165) is 56.8 Å². The van der Waals surface area contributed by atoms with Crippen molar-refractivity contribution in [1.29, 1.82) is 0 Å². The number of ether oxygens (including phenoxy) is 2. The molecule has 8 nitrogen and oxygen atoms in total. The first-order chi connectivity index (χ1) is 21.3. The van der Waals surface area contributed by atoms with Crippen molar-refractivity contribution < 1.29 is 33.7 Å². The van der Waals surface area contributed by atoms with E-state index in [-0.39, 0.29) is 29.5 Å². The van der Waals surface area contributed by atoms with Crippen molar-refractivity contribution in [1.82, 2.24) is 0 Å². The Kier molecular flexibility index (Phi) is 8.65. The lowest BCUT2D eigenvalue weighted by Crippen LogP contribution is -2.47. The summed E-state index contributed by atoms with van der Waals surface area (Å²) in [6.07, 6.45) is 5.93. The number of rotatable bonds is 8. The molecule has 232 valence electrons. The number of carboxylic acids is 1. The number of aliphatic hydroxyl groups excluding tert-OH is 1. The summed E-state index contributed by atoms with van der Waals surface area (Å²) < 4.78 is 17.2. The molecule has 0 radical (unpaired) electrons. The van der Waals surface area contributed by atoms with Gasteiger partial charge in [-0.3, -0.25) is 4.79 Å². The summed E-state index contributed by atoms with van der Waals surface area (Å²) in [6.45, 7) is 2.23. The number of carboxylic acid groups (broad SMARTS) is 1. The quantitative estimate of drug-likeness (QED) is 0.216. The number of benzene rings is 3. The van der Waals surface area contributed by atoms with Gasteiger partial charge in [0.1, 0.15) is 23.0 Å². The second-order valence-corrected chi connectivity index (χ2v) is 12.5. The molecule has 1 unspecified atom stereocenters. The van der Waals surface area contributed by atoms with Gasteiger partial charge in [-0.1, -0.05) is 31.2 Å². The first-order valence-electron chi connectivity index (χ1n) is 15.7. The molecular weight excluding hydrogens is 558 g/mol. The average Bonchev–Trinajstić information content (AvgIpc) is 3.41. The molecule has 4 aromatic rings. The lowest BCUT2D eigenvalue weighted by molar-refractivity contribution is -0.124. The topological polar surface area (TPSA) is 109 Å². The summed E-state index contributed by atoms with van der Waals surface area (Å²) in [4.78, 5) is 28.9. The molecule has 0 spiro atoms. The number of fused-ring (bicyclic) bond motifs is 3. The van der Waals surface area contributed by atoms with Crippen LogP contribution in [0.4, 0.5) is 5.69 Å². The molecule has 2 fully saturated rings. The zero-order valence-electron chi connectivity index (χ0n) is 25.6. The molecule has 0 saturated heterocycles. The Morgan fingerprint density at radius 3 is 2.27 bits per heavy atom. The van der Waals surface area contributed by atoms with Gasteiger partial charge >= 0.3 is 5.97 Å². The molecule has 1 amide bonds. The van der Waals surface area contributed by atoms with Crippen LogP contribution < -0.4 is 9.64 Å². The van der Waals surface area contributed by atoms with E-state index in [1.807, 2.05) is 41.3 Å². The molecular formula is C36H41NO7. The van der Waals surface area contributed by atoms with Crippen LogP contribution in [0.15, 0.2) is 59.0 Å². The fourth-order valence-corrected chi connectivity index (χ4v) is 7.18. The third-order valence-electron chi connectivity index (χ3n) is 9.80. The van der Waals surface area contributed by atoms with Crippen LogP contribution in [0.5, 0.6) is 5.75 Å². The van der Waals surface area contributed by atoms with Crippen LogP contribution in [0.1, 0.15) is 85.9 Å². The van der Waals surface area contributed by atoms with E-state index in [0.29, 0.717) is 45.0 Å². The summed E-state index contributed by atoms with van der Waals surface area (Å²) in [5.74, 6) is -0.0457. The third kappa shape index (κ3) is 5.69. The monoisotopic (exact) mass is 599 g/mol. The van der Waals surface area contributed by atoms with E-state index in [1.54, 1.807) is 32.4 Å². The van der Waals surface area contributed by atoms with Gasteiger partial charge in [0, 0.05) is 35.4 Å². The van der Waals surface area contributed by atoms with Crippen LogP contribution in [0.3, 0.4) is 0 Å². The Labute approximate surface area is 257 Å². The number of amides is 1. The van der Waals surface area contributed by atoms with Crippen LogP contribution in [-0.2, 0) is 9.53 Å². The molecule has 0 aliphatic heterocycles. The zero-order valence-corrected chi connectivity index (χ0v) is 25.6. The van der Waals surface area contributed by atoms with Crippen molar-refractivity contribution in [3.8, 4) is 5.75 Å². The highest BCUT2D eigenvalue weighted by Gasteiger charge is 2.37. The van der Waals surface area contributed by atoms with Gasteiger partial charge in [0.15, 0.2) is 0 Å². The number of aliphatic hydroxyl groups is 1. The highest BCUT2D eigenvalue weighted by atomic mass is 16.5. The molecule has 3 aromatic carbocycles. The number of hydrogen-bond acceptors (Lipinski definition) is 6. The van der Waals surface area contributed by atoms with Crippen LogP contribution in [0.2, 0.25) is 0 Å². The Bertz CT molecular complexity index is 1660. The molecule has 6 rings (SSSR count). The van der Waals surface area contributed by atoms with E-state index in [2.05, 4.69) is 6.92 Å². The van der Waals surface area contributed by atoms with Crippen molar-refractivity contribution in [2.75, 3.05) is 19.1 Å². The number of carbonyl (C=O) groups excluding carboxylic acids is 1. The predicted octanol–water partition coefficient (Wildman–Crippen LogP) is 7.49. The average molecular weight is 600 g/mol. The highest BCUT2D eigenvalue weighted by molar-refractivity contribution is 6.12. The van der Waals surface area contributed by atoms with Crippen molar-refractivity contribution in [2.45, 2.75) is 76.5 Å². The van der Waals surface area contributed by atoms with E-state index >= 15 is 0 Å². The van der Waals surface area contributed by atoms with Crippen LogP contribution in [-0.4, -0.2) is 48.5 Å². The molecule has 1 atom stereocenters. The summed E-state index contributed by atoms with van der Waals surface area (Å²) in [5, 5.41) is 23.2. The maximum Gasteiger partial charge on any atom is 0.337 e. The number of methoxy groups -OCH3 is 2. The molecule has 2 aliphatic rings. The number of furan rings is 1. The molecule has 2 aliphatic carbocycles. The van der Waals surface area contributed by atoms with Crippen molar-refractivity contribution in [3.63, 3.8) is 0 Å². The number of anilines is 1. The maximum absolute atomic E-state index is 14.4. The smallest absolute Gasteiger partial charge is 0.337 e. The number of aromatic carboxylic acids is 1. The largest absolute Gasteiger partial charge is 0.496 e. The van der Waals surface area contributed by atoms with Gasteiger partial charge in [-0.2, -0.15) is 0 Å². The number of nitrogens with zero attached hydrogens (tertiary/aromatic N) is 1. The van der Waals surface area contributed by atoms with Crippen molar-refractivity contribution >= 4 is 39.5 Å². The standard InChI is InChI=1S/C36H41NO7/c1-21-8-10-22(11-9-21)35(39)37(24-13-15-25(42-2)16-14-24)30-19-28-27-18-23(34(38)26-6-4-5-7-31(26)43-3)12-17-32(27)44-33(28)20-29(30)36(40)41/h4-7,12,17-22,24-25,34,38H,8-11,13-16H2,1-3H3,(H,40,41)/t21-,22-,24?,25?,34?. The molecule has 2 saturated carbocycles. The Morgan fingerprint density at radius 2 is 1.59 bits per heavy atom. The predicted molar refractivity (Wildman–Crippen MR) is 169 cm³/mol. The van der Waals surface area contributed by atoms with Crippen molar-refractivity contribution in [2.24, 2.45) is 11.8 Å². The zero-order chi connectivity index (χ0) is 31.0. The summed E-state index contributed by atoms with van der Waals surface area (Å²) in [7, 11) is 3.29. The molecule has 0 bridgehead atoms. The molecule has 44 heavy (non-hydrogen) atoms. The molecule has 1 aromatic heterocycles. The second kappa shape index (κ2) is 12.6. The minimum absolute atomic E-state index is 0.0136. The Balaban J connectivity index is 1.47. The van der Waals surface area contributed by atoms with Crippen LogP contribution in [0, 0.1) is 11.8 Å². The van der Waals surface area contributed by atoms with Gasteiger partial charge in [-0.05, 0) is 93.2 Å². The second-order valence-electron chi connectivity index (χ2n) is 12.5. The maximum atomic E-state index is 14.4. The number of para-hydroxylation sites is 1. The number of hydrogen-bond donors (Lipinski definition) is 2. The first kappa shape index (κ1) is 30.2. The molecule has 2 N–H and O–H groups in total. The van der Waals surface area contributed by atoms with Gasteiger partial charge in [0.25, 0.3) is 0 Å². The van der Waals surface area contributed by atoms with Crippen LogP contribution in [0.25, 0.3) is 21.9 Å². The number of carbonyl (C=O) groups is 2. The summed E-state index contributed by atoms with van der Waals surface area (Å²) in [5.41, 5.74) is 2.75. The van der Waals surface area contributed by atoms with Gasteiger partial charge in [0.05, 0.1) is 24.5 Å². The van der Waals surface area contributed by atoms with E-state index < -0.39 is 12.1 Å². The minimum Gasteiger partial charge on any atom is -0.496 e. The van der Waals surface area contributed by atoms with Gasteiger partial charge in [0.2, 0.25) is 5.91 Å². The van der Waals surface area contributed by atoms with Gasteiger partial charge in [-0.15, -0.1) is 0 Å². The molecule has 1 heterocycles. The Hall–Kier alpha value is -3.88. The summed E-state index contributed by atoms with van der Waals surface area (Å²) in [6, 6.07) is 16.1. The highest BCUT2D eigenvalue weighted by Crippen LogP contribution is 2.41. The van der Waals surface area contributed by atoms with E-state index in [4.69, 9.17) is 13.9 Å². The van der Waals surface area contributed by atoms with Gasteiger partial charge in [-0.25, -0.2) is 4.79 Å². The Morgan fingerprint density at radius 1 is 0.886 bits per heavy atom. The summed E-state index contributed by atoms with van der Waals surface area (Å²) >= 11 is 0.